The van der Waals surface area contributed by atoms with Crippen molar-refractivity contribution in [1.29, 1.82) is 0 Å². The van der Waals surface area contributed by atoms with Crippen LogP contribution < -0.4 is 5.32 Å². The van der Waals surface area contributed by atoms with Crippen molar-refractivity contribution in [1.82, 2.24) is 9.80 Å². The highest BCUT2D eigenvalue weighted by atomic mass is 35.5. The smallest absolute Gasteiger partial charge is 0.324 e. The molecule has 0 bridgehead atoms. The van der Waals surface area contributed by atoms with Gasteiger partial charge in [-0.2, -0.15) is 0 Å². The summed E-state index contributed by atoms with van der Waals surface area (Å²) in [6.07, 6.45) is 0. The van der Waals surface area contributed by atoms with Gasteiger partial charge in [0.25, 0.3) is 0 Å². The first-order valence-electron chi connectivity index (χ1n) is 9.55. The summed E-state index contributed by atoms with van der Waals surface area (Å²) in [5, 5.41) is 2.84. The number of nitrogens with zero attached hydrogens (tertiary/aromatic N) is 2. The van der Waals surface area contributed by atoms with Crippen LogP contribution in [0.25, 0.3) is 0 Å². The highest BCUT2D eigenvalue weighted by molar-refractivity contribution is 6.45. The topological polar surface area (TPSA) is 104 Å². The number of hydrogen-bond acceptors (Lipinski definition) is 5. The minimum absolute atomic E-state index is 0.0323. The van der Waals surface area contributed by atoms with Gasteiger partial charge in [-0.25, -0.2) is 9.69 Å². The van der Waals surface area contributed by atoms with E-state index < -0.39 is 30.3 Å². The lowest BCUT2D eigenvalue weighted by atomic mass is 10.0. The van der Waals surface area contributed by atoms with E-state index in [9.17, 15) is 24.0 Å². The molecule has 5 amide bonds. The number of amides is 5. The third kappa shape index (κ3) is 4.80. The molecule has 0 aromatic heterocycles. The van der Waals surface area contributed by atoms with Crippen LogP contribution in [-0.4, -0.2) is 52.4 Å². The molecule has 0 saturated carbocycles. The van der Waals surface area contributed by atoms with Crippen molar-refractivity contribution >= 4 is 46.8 Å². The molecule has 3 rings (SSSR count). The zero-order chi connectivity index (χ0) is 22.7. The van der Waals surface area contributed by atoms with Gasteiger partial charge < -0.3 is 5.32 Å². The second kappa shape index (κ2) is 9.09. The summed E-state index contributed by atoms with van der Waals surface area (Å²) in [5.41, 5.74) is 0.733. The number of halogens is 1. The average molecular weight is 442 g/mol. The monoisotopic (exact) mass is 441 g/mol. The van der Waals surface area contributed by atoms with Gasteiger partial charge in [-0.05, 0) is 24.1 Å². The summed E-state index contributed by atoms with van der Waals surface area (Å²) in [6, 6.07) is 12.0. The molecule has 8 nitrogen and oxygen atoms in total. The van der Waals surface area contributed by atoms with Crippen molar-refractivity contribution < 1.29 is 24.0 Å². The molecule has 1 aliphatic heterocycles. The average Bonchev–Trinajstić information content (AvgIpc) is 2.93. The zero-order valence-corrected chi connectivity index (χ0v) is 17.7. The Bertz CT molecular complexity index is 1070. The summed E-state index contributed by atoms with van der Waals surface area (Å²) in [5.74, 6) is -3.14. The predicted molar refractivity (Wildman–Crippen MR) is 114 cm³/mol. The first-order chi connectivity index (χ1) is 14.7. The number of carbonyl (C=O) groups excluding carboxylic acids is 5. The van der Waals surface area contributed by atoms with Gasteiger partial charge in [0, 0.05) is 22.7 Å². The van der Waals surface area contributed by atoms with E-state index in [-0.39, 0.29) is 29.5 Å². The molecule has 0 aliphatic carbocycles. The lowest BCUT2D eigenvalue weighted by molar-refractivity contribution is -0.143. The number of hydrogen-bond donors (Lipinski definition) is 1. The van der Waals surface area contributed by atoms with Gasteiger partial charge in [0.05, 0.1) is 5.69 Å². The van der Waals surface area contributed by atoms with E-state index >= 15 is 0 Å². The Kier molecular flexibility index (Phi) is 6.50. The molecule has 1 aliphatic rings. The van der Waals surface area contributed by atoms with Crippen molar-refractivity contribution in [2.75, 3.05) is 18.4 Å². The SMILES string of the molecule is CC(C)CN1C(=O)C(=O)N(CC(=O)Nc2ccc(Cl)cc2C(=O)c2ccccc2)C1=O. The molecule has 31 heavy (non-hydrogen) atoms. The Morgan fingerprint density at radius 3 is 2.26 bits per heavy atom. The van der Waals surface area contributed by atoms with Crippen LogP contribution in [0.2, 0.25) is 5.02 Å². The van der Waals surface area contributed by atoms with Crippen LogP contribution in [0.3, 0.4) is 0 Å². The number of carbonyl (C=O) groups is 5. The van der Waals surface area contributed by atoms with Crippen LogP contribution in [0, 0.1) is 5.92 Å². The van der Waals surface area contributed by atoms with Crippen molar-refractivity contribution in [2.24, 2.45) is 5.92 Å². The molecule has 1 N–H and O–H groups in total. The highest BCUT2D eigenvalue weighted by Gasteiger charge is 2.45. The lowest BCUT2D eigenvalue weighted by Gasteiger charge is -2.17. The molecule has 0 radical (unpaired) electrons. The van der Waals surface area contributed by atoms with Crippen LogP contribution in [0.15, 0.2) is 48.5 Å². The van der Waals surface area contributed by atoms with E-state index in [4.69, 9.17) is 11.6 Å². The fourth-order valence-corrected chi connectivity index (χ4v) is 3.28. The molecule has 0 atom stereocenters. The number of benzene rings is 2. The van der Waals surface area contributed by atoms with E-state index in [2.05, 4.69) is 5.32 Å². The van der Waals surface area contributed by atoms with Gasteiger partial charge in [-0.1, -0.05) is 55.8 Å². The number of ketones is 1. The maximum atomic E-state index is 12.9. The Balaban J connectivity index is 1.78. The Morgan fingerprint density at radius 1 is 0.968 bits per heavy atom. The first-order valence-corrected chi connectivity index (χ1v) is 9.93. The maximum Gasteiger partial charge on any atom is 0.334 e. The third-order valence-corrected chi connectivity index (χ3v) is 4.76. The second-order valence-electron chi connectivity index (χ2n) is 7.42. The normalized spacial score (nSPS) is 13.9. The summed E-state index contributed by atoms with van der Waals surface area (Å²) in [4.78, 5) is 63.5. The Morgan fingerprint density at radius 2 is 1.61 bits per heavy atom. The lowest BCUT2D eigenvalue weighted by Crippen LogP contribution is -2.39. The standard InChI is InChI=1S/C22H20ClN3O5/c1-13(2)11-25-20(29)21(30)26(22(25)31)12-18(27)24-17-9-8-15(23)10-16(17)19(28)14-6-4-3-5-7-14/h3-10,13H,11-12H2,1-2H3,(H,24,27). The minimum Gasteiger partial charge on any atom is -0.324 e. The van der Waals surface area contributed by atoms with Crippen LogP contribution in [0.1, 0.15) is 29.8 Å². The van der Waals surface area contributed by atoms with Crippen molar-refractivity contribution in [2.45, 2.75) is 13.8 Å². The third-order valence-electron chi connectivity index (χ3n) is 4.52. The van der Waals surface area contributed by atoms with Gasteiger partial charge in [0.1, 0.15) is 6.54 Å². The van der Waals surface area contributed by atoms with Crippen molar-refractivity contribution in [3.63, 3.8) is 0 Å². The summed E-state index contributed by atoms with van der Waals surface area (Å²) in [6.45, 7) is 3.02. The molecule has 160 valence electrons. The van der Waals surface area contributed by atoms with Gasteiger partial charge in [0.15, 0.2) is 5.78 Å². The maximum absolute atomic E-state index is 12.9. The second-order valence-corrected chi connectivity index (χ2v) is 7.85. The zero-order valence-electron chi connectivity index (χ0n) is 16.9. The van der Waals surface area contributed by atoms with Gasteiger partial charge in [0.2, 0.25) is 5.91 Å². The number of imide groups is 2. The van der Waals surface area contributed by atoms with Crippen molar-refractivity contribution in [3.8, 4) is 0 Å². The molecule has 1 saturated heterocycles. The quantitative estimate of drug-likeness (QED) is 0.404. The van der Waals surface area contributed by atoms with Gasteiger partial charge in [-0.15, -0.1) is 0 Å². The summed E-state index contributed by atoms with van der Waals surface area (Å²) in [7, 11) is 0. The molecule has 2 aromatic carbocycles. The van der Waals surface area contributed by atoms with Crippen LogP contribution in [0.5, 0.6) is 0 Å². The van der Waals surface area contributed by atoms with Crippen LogP contribution in [-0.2, 0) is 14.4 Å². The molecule has 1 fully saturated rings. The number of rotatable bonds is 7. The number of nitrogens with one attached hydrogen (secondary N) is 1. The minimum atomic E-state index is -1.06. The fourth-order valence-electron chi connectivity index (χ4n) is 3.11. The molecular formula is C22H20ClN3O5. The summed E-state index contributed by atoms with van der Waals surface area (Å²) < 4.78 is 0. The fraction of sp³-hybridized carbons (Fsp3) is 0.227. The summed E-state index contributed by atoms with van der Waals surface area (Å²) >= 11 is 6.03. The number of anilines is 1. The number of urea groups is 1. The Labute approximate surface area is 183 Å². The Hall–Kier alpha value is -3.52. The molecule has 0 unspecified atom stereocenters. The van der Waals surface area contributed by atoms with E-state index in [1.54, 1.807) is 44.2 Å². The molecular weight excluding hydrogens is 422 g/mol. The highest BCUT2D eigenvalue weighted by Crippen LogP contribution is 2.24. The van der Waals surface area contributed by atoms with E-state index in [0.29, 0.717) is 15.5 Å². The molecule has 1 heterocycles. The van der Waals surface area contributed by atoms with Gasteiger partial charge >= 0.3 is 17.8 Å². The van der Waals surface area contributed by atoms with E-state index in [1.165, 1.54) is 18.2 Å². The van der Waals surface area contributed by atoms with Crippen LogP contribution in [0.4, 0.5) is 10.5 Å². The van der Waals surface area contributed by atoms with E-state index in [0.717, 1.165) is 4.90 Å². The predicted octanol–water partition coefficient (Wildman–Crippen LogP) is 2.96. The molecule has 0 spiro atoms. The molecule has 9 heteroatoms. The van der Waals surface area contributed by atoms with E-state index in [1.807, 2.05) is 0 Å². The van der Waals surface area contributed by atoms with Crippen molar-refractivity contribution in [3.05, 3.63) is 64.7 Å². The largest absolute Gasteiger partial charge is 0.334 e. The first kappa shape index (κ1) is 22.2. The molecule has 2 aromatic rings. The van der Waals surface area contributed by atoms with Crippen LogP contribution >= 0.6 is 11.6 Å². The van der Waals surface area contributed by atoms with Gasteiger partial charge in [-0.3, -0.25) is 24.1 Å².